The lowest BCUT2D eigenvalue weighted by atomic mass is 9.89. The smallest absolute Gasteiger partial charge is 0.410 e. The monoisotopic (exact) mass is 283 g/mol. The second kappa shape index (κ2) is 6.31. The highest BCUT2D eigenvalue weighted by Gasteiger charge is 2.32. The molecule has 0 spiro atoms. The van der Waals surface area contributed by atoms with Gasteiger partial charge in [0.05, 0.1) is 0 Å². The van der Waals surface area contributed by atoms with E-state index < -0.39 is 5.60 Å². The van der Waals surface area contributed by atoms with Gasteiger partial charge in [0.2, 0.25) is 0 Å². The number of hydrogen-bond acceptors (Lipinski definition) is 4. The summed E-state index contributed by atoms with van der Waals surface area (Å²) in [6.07, 6.45) is 4.69. The first-order valence-corrected chi connectivity index (χ1v) is 7.84. The van der Waals surface area contributed by atoms with Crippen LogP contribution in [0.5, 0.6) is 0 Å². The zero-order valence-corrected chi connectivity index (χ0v) is 13.1. The van der Waals surface area contributed by atoms with E-state index in [1.165, 1.54) is 19.3 Å². The van der Waals surface area contributed by atoms with Gasteiger partial charge in [0.15, 0.2) is 0 Å². The van der Waals surface area contributed by atoms with Gasteiger partial charge in [-0.1, -0.05) is 12.8 Å². The van der Waals surface area contributed by atoms with Crippen molar-refractivity contribution in [2.24, 2.45) is 5.73 Å². The molecule has 0 aromatic carbocycles. The van der Waals surface area contributed by atoms with Crippen LogP contribution in [0.3, 0.4) is 0 Å². The molecule has 1 saturated heterocycles. The Morgan fingerprint density at radius 2 is 1.70 bits per heavy atom. The molecule has 116 valence electrons. The first-order valence-electron chi connectivity index (χ1n) is 7.84. The second-order valence-corrected chi connectivity index (χ2v) is 7.02. The molecule has 1 aliphatic carbocycles. The Hall–Kier alpha value is -0.810. The highest BCUT2D eigenvalue weighted by molar-refractivity contribution is 5.68. The molecule has 2 rings (SSSR count). The van der Waals surface area contributed by atoms with E-state index in [9.17, 15) is 4.79 Å². The number of nitrogens with two attached hydrogens (primary N) is 1. The van der Waals surface area contributed by atoms with Crippen molar-refractivity contribution in [3.05, 3.63) is 0 Å². The van der Waals surface area contributed by atoms with Crippen molar-refractivity contribution in [2.45, 2.75) is 64.1 Å². The normalized spacial score (nSPS) is 29.3. The standard InChI is InChI=1S/C15H29N3O2/c1-15(2,3)20-14(19)18-10-8-17(9-11-18)13-7-5-4-6-12(13)16/h12-13H,4-11,16H2,1-3H3/t12-,13+/m1/s1. The van der Waals surface area contributed by atoms with E-state index in [0.29, 0.717) is 12.1 Å². The largest absolute Gasteiger partial charge is 0.444 e. The quantitative estimate of drug-likeness (QED) is 0.797. The molecular weight excluding hydrogens is 254 g/mol. The van der Waals surface area contributed by atoms with Crippen LogP contribution in [0.1, 0.15) is 46.5 Å². The van der Waals surface area contributed by atoms with Crippen LogP contribution >= 0.6 is 0 Å². The van der Waals surface area contributed by atoms with Gasteiger partial charge in [-0.05, 0) is 33.6 Å². The van der Waals surface area contributed by atoms with E-state index >= 15 is 0 Å². The molecule has 2 aliphatic rings. The fraction of sp³-hybridized carbons (Fsp3) is 0.933. The summed E-state index contributed by atoms with van der Waals surface area (Å²) in [5.41, 5.74) is 5.82. The van der Waals surface area contributed by atoms with Gasteiger partial charge in [0.1, 0.15) is 5.60 Å². The predicted molar refractivity (Wildman–Crippen MR) is 79.6 cm³/mol. The zero-order valence-electron chi connectivity index (χ0n) is 13.1. The number of rotatable bonds is 1. The first kappa shape index (κ1) is 15.6. The molecule has 1 aliphatic heterocycles. The van der Waals surface area contributed by atoms with Crippen LogP contribution in [0.4, 0.5) is 4.79 Å². The fourth-order valence-electron chi connectivity index (χ4n) is 3.16. The lowest BCUT2D eigenvalue weighted by Crippen LogP contribution is -2.57. The molecule has 0 aromatic rings. The third-order valence-corrected chi connectivity index (χ3v) is 4.22. The number of piperazine rings is 1. The molecule has 0 unspecified atom stereocenters. The van der Waals surface area contributed by atoms with Crippen LogP contribution in [0.25, 0.3) is 0 Å². The van der Waals surface area contributed by atoms with Gasteiger partial charge >= 0.3 is 6.09 Å². The lowest BCUT2D eigenvalue weighted by Gasteiger charge is -2.43. The van der Waals surface area contributed by atoms with E-state index in [-0.39, 0.29) is 6.09 Å². The van der Waals surface area contributed by atoms with E-state index in [2.05, 4.69) is 4.90 Å². The molecule has 2 atom stereocenters. The summed E-state index contributed by atoms with van der Waals surface area (Å²) in [5.74, 6) is 0. The minimum Gasteiger partial charge on any atom is -0.444 e. The van der Waals surface area contributed by atoms with E-state index in [4.69, 9.17) is 10.5 Å². The van der Waals surface area contributed by atoms with Crippen molar-refractivity contribution in [1.29, 1.82) is 0 Å². The predicted octanol–water partition coefficient (Wildman–Crippen LogP) is 1.81. The molecule has 5 nitrogen and oxygen atoms in total. The molecule has 0 radical (unpaired) electrons. The van der Waals surface area contributed by atoms with E-state index in [1.807, 2.05) is 25.7 Å². The summed E-state index contributed by atoms with van der Waals surface area (Å²) in [6, 6.07) is 0.807. The third kappa shape index (κ3) is 4.09. The number of nitrogens with zero attached hydrogens (tertiary/aromatic N) is 2. The van der Waals surface area contributed by atoms with Gasteiger partial charge in [-0.15, -0.1) is 0 Å². The van der Waals surface area contributed by atoms with E-state index in [1.54, 1.807) is 0 Å². The summed E-state index contributed by atoms with van der Waals surface area (Å²) in [5, 5.41) is 0. The summed E-state index contributed by atoms with van der Waals surface area (Å²) >= 11 is 0. The highest BCUT2D eigenvalue weighted by Crippen LogP contribution is 2.23. The van der Waals surface area contributed by atoms with Crippen molar-refractivity contribution in [3.63, 3.8) is 0 Å². The summed E-state index contributed by atoms with van der Waals surface area (Å²) < 4.78 is 5.42. The van der Waals surface area contributed by atoms with E-state index in [0.717, 1.165) is 32.6 Å². The minimum absolute atomic E-state index is 0.190. The Labute approximate surface area is 122 Å². The molecular formula is C15H29N3O2. The van der Waals surface area contributed by atoms with Crippen LogP contribution in [-0.2, 0) is 4.74 Å². The number of carbonyl (C=O) groups excluding carboxylic acids is 1. The highest BCUT2D eigenvalue weighted by atomic mass is 16.6. The van der Waals surface area contributed by atoms with Gasteiger partial charge in [-0.3, -0.25) is 4.90 Å². The summed E-state index contributed by atoms with van der Waals surface area (Å²) in [4.78, 5) is 16.3. The van der Waals surface area contributed by atoms with Gasteiger partial charge in [0.25, 0.3) is 0 Å². The van der Waals surface area contributed by atoms with Gasteiger partial charge < -0.3 is 15.4 Å². The number of amides is 1. The average Bonchev–Trinajstić information content (AvgIpc) is 2.37. The van der Waals surface area contributed by atoms with Crippen LogP contribution in [-0.4, -0.2) is 59.8 Å². The van der Waals surface area contributed by atoms with Gasteiger partial charge in [-0.25, -0.2) is 4.79 Å². The zero-order chi connectivity index (χ0) is 14.8. The van der Waals surface area contributed by atoms with Crippen LogP contribution in [0.15, 0.2) is 0 Å². The Balaban J connectivity index is 1.81. The molecule has 0 aromatic heterocycles. The van der Waals surface area contributed by atoms with Crippen molar-refractivity contribution in [3.8, 4) is 0 Å². The topological polar surface area (TPSA) is 58.8 Å². The minimum atomic E-state index is -0.417. The lowest BCUT2D eigenvalue weighted by molar-refractivity contribution is 0.00686. The van der Waals surface area contributed by atoms with Gasteiger partial charge in [0, 0.05) is 38.3 Å². The maximum absolute atomic E-state index is 12.0. The van der Waals surface area contributed by atoms with Crippen LogP contribution in [0.2, 0.25) is 0 Å². The Kier molecular flexibility index (Phi) is 4.91. The molecule has 20 heavy (non-hydrogen) atoms. The Bertz CT molecular complexity index is 333. The summed E-state index contributed by atoms with van der Waals surface area (Å²) in [7, 11) is 0. The molecule has 2 N–H and O–H groups in total. The number of hydrogen-bond donors (Lipinski definition) is 1. The van der Waals surface area contributed by atoms with Crippen molar-refractivity contribution in [1.82, 2.24) is 9.80 Å². The van der Waals surface area contributed by atoms with Crippen molar-refractivity contribution in [2.75, 3.05) is 26.2 Å². The fourth-order valence-corrected chi connectivity index (χ4v) is 3.16. The first-order chi connectivity index (χ1) is 9.37. The van der Waals surface area contributed by atoms with Crippen molar-refractivity contribution >= 4 is 6.09 Å². The number of ether oxygens (including phenoxy) is 1. The van der Waals surface area contributed by atoms with Gasteiger partial charge in [-0.2, -0.15) is 0 Å². The Morgan fingerprint density at radius 3 is 2.25 bits per heavy atom. The van der Waals surface area contributed by atoms with Crippen LogP contribution in [0, 0.1) is 0 Å². The average molecular weight is 283 g/mol. The molecule has 1 heterocycles. The SMILES string of the molecule is CC(C)(C)OC(=O)N1CCN([C@H]2CCCC[C@H]2N)CC1. The third-order valence-electron chi connectivity index (χ3n) is 4.22. The Morgan fingerprint density at radius 1 is 1.10 bits per heavy atom. The maximum Gasteiger partial charge on any atom is 0.410 e. The summed E-state index contributed by atoms with van der Waals surface area (Å²) in [6.45, 7) is 9.04. The molecule has 1 amide bonds. The molecule has 5 heteroatoms. The number of carbonyl (C=O) groups is 1. The molecule has 1 saturated carbocycles. The second-order valence-electron chi connectivity index (χ2n) is 7.02. The van der Waals surface area contributed by atoms with Crippen LogP contribution < -0.4 is 5.73 Å². The maximum atomic E-state index is 12.0. The molecule has 0 bridgehead atoms. The molecule has 2 fully saturated rings. The van der Waals surface area contributed by atoms with Crippen molar-refractivity contribution < 1.29 is 9.53 Å².